The monoisotopic (exact) mass is 345 g/mol. The minimum Gasteiger partial charge on any atom is -0.437 e. The van der Waals surface area contributed by atoms with Crippen LogP contribution in [-0.4, -0.2) is 16.5 Å². The second-order valence-electron chi connectivity index (χ2n) is 4.38. The molecule has 0 saturated carbocycles. The molecule has 0 amide bonds. The number of aryl methyl sites for hydroxylation is 1. The lowest BCUT2D eigenvalue weighted by atomic mass is 10.3. The van der Waals surface area contributed by atoms with E-state index in [9.17, 15) is 0 Å². The molecule has 0 saturated heterocycles. The van der Waals surface area contributed by atoms with Crippen molar-refractivity contribution >= 4 is 40.6 Å². The van der Waals surface area contributed by atoms with E-state index in [0.717, 1.165) is 17.9 Å². The normalized spacial score (nSPS) is 10.6. The van der Waals surface area contributed by atoms with Gasteiger partial charge in [0, 0.05) is 12.6 Å². The SMILES string of the molecule is CCNc1nc(C)nc(Oc2cc(Cl)c(Cl)cc2Cl)c1C. The number of hydrogen-bond donors (Lipinski definition) is 1. The van der Waals surface area contributed by atoms with E-state index in [2.05, 4.69) is 15.3 Å². The van der Waals surface area contributed by atoms with Crippen molar-refractivity contribution in [2.24, 2.45) is 0 Å². The molecule has 1 N–H and O–H groups in total. The van der Waals surface area contributed by atoms with E-state index in [-0.39, 0.29) is 0 Å². The van der Waals surface area contributed by atoms with Crippen molar-refractivity contribution in [3.05, 3.63) is 38.6 Å². The summed E-state index contributed by atoms with van der Waals surface area (Å²) >= 11 is 18.0. The minimum absolute atomic E-state index is 0.366. The van der Waals surface area contributed by atoms with Crippen LogP contribution in [0.1, 0.15) is 18.3 Å². The van der Waals surface area contributed by atoms with E-state index in [4.69, 9.17) is 39.5 Å². The molecule has 0 spiro atoms. The third-order valence-electron chi connectivity index (χ3n) is 2.74. The number of nitrogens with one attached hydrogen (secondary N) is 1. The van der Waals surface area contributed by atoms with E-state index in [1.54, 1.807) is 13.0 Å². The molecule has 112 valence electrons. The fraction of sp³-hybridized carbons (Fsp3) is 0.286. The number of halogens is 3. The maximum atomic E-state index is 6.12. The van der Waals surface area contributed by atoms with E-state index in [0.29, 0.717) is 32.5 Å². The highest BCUT2D eigenvalue weighted by molar-refractivity contribution is 6.43. The number of nitrogens with zero attached hydrogens (tertiary/aromatic N) is 2. The standard InChI is InChI=1S/C14H14Cl3N3O/c1-4-18-13-7(2)14(20-8(3)19-13)21-12-6-10(16)9(15)5-11(12)17/h5-6H,4H2,1-3H3,(H,18,19,20). The largest absolute Gasteiger partial charge is 0.437 e. The molecular formula is C14H14Cl3N3O. The summed E-state index contributed by atoms with van der Waals surface area (Å²) in [5.74, 6) is 2.16. The summed E-state index contributed by atoms with van der Waals surface area (Å²) in [4.78, 5) is 8.63. The number of aromatic nitrogens is 2. The zero-order chi connectivity index (χ0) is 15.6. The van der Waals surface area contributed by atoms with E-state index in [1.165, 1.54) is 6.07 Å². The third-order valence-corrected chi connectivity index (χ3v) is 3.76. The molecule has 2 aromatic rings. The maximum Gasteiger partial charge on any atom is 0.227 e. The lowest BCUT2D eigenvalue weighted by molar-refractivity contribution is 0.456. The first kappa shape index (κ1) is 16.1. The summed E-state index contributed by atoms with van der Waals surface area (Å²) in [6, 6.07) is 3.10. The van der Waals surface area contributed by atoms with Crippen LogP contribution < -0.4 is 10.1 Å². The smallest absolute Gasteiger partial charge is 0.227 e. The number of ether oxygens (including phenoxy) is 1. The Hall–Kier alpha value is -1.23. The van der Waals surface area contributed by atoms with Gasteiger partial charge < -0.3 is 10.1 Å². The Morgan fingerprint density at radius 1 is 1.05 bits per heavy atom. The van der Waals surface area contributed by atoms with Crippen LogP contribution >= 0.6 is 34.8 Å². The zero-order valence-electron chi connectivity index (χ0n) is 11.8. The van der Waals surface area contributed by atoms with Gasteiger partial charge in [0.1, 0.15) is 17.4 Å². The topological polar surface area (TPSA) is 47.0 Å². The van der Waals surface area contributed by atoms with Crippen molar-refractivity contribution < 1.29 is 4.74 Å². The molecular weight excluding hydrogens is 333 g/mol. The Kier molecular flexibility index (Phi) is 5.14. The molecule has 1 heterocycles. The highest BCUT2D eigenvalue weighted by Gasteiger charge is 2.14. The highest BCUT2D eigenvalue weighted by atomic mass is 35.5. The Morgan fingerprint density at radius 3 is 2.38 bits per heavy atom. The lowest BCUT2D eigenvalue weighted by Gasteiger charge is -2.13. The molecule has 0 aliphatic heterocycles. The van der Waals surface area contributed by atoms with E-state index >= 15 is 0 Å². The quantitative estimate of drug-likeness (QED) is 0.765. The number of benzene rings is 1. The molecule has 7 heteroatoms. The average Bonchev–Trinajstić information content (AvgIpc) is 2.41. The molecule has 0 bridgehead atoms. The first-order chi connectivity index (χ1) is 9.92. The molecule has 0 atom stereocenters. The van der Waals surface area contributed by atoms with Crippen molar-refractivity contribution in [2.75, 3.05) is 11.9 Å². The molecule has 1 aromatic heterocycles. The number of hydrogen-bond acceptors (Lipinski definition) is 4. The maximum absolute atomic E-state index is 6.12. The Balaban J connectivity index is 2.42. The molecule has 4 nitrogen and oxygen atoms in total. The van der Waals surface area contributed by atoms with Crippen LogP contribution in [0.4, 0.5) is 5.82 Å². The van der Waals surface area contributed by atoms with Gasteiger partial charge in [-0.25, -0.2) is 4.98 Å². The molecule has 0 fully saturated rings. The second kappa shape index (κ2) is 6.69. The van der Waals surface area contributed by atoms with Crippen LogP contribution in [0.25, 0.3) is 0 Å². The molecule has 2 rings (SSSR count). The van der Waals surface area contributed by atoms with Gasteiger partial charge in [0.15, 0.2) is 0 Å². The zero-order valence-corrected chi connectivity index (χ0v) is 14.1. The van der Waals surface area contributed by atoms with Gasteiger partial charge in [-0.05, 0) is 26.8 Å². The van der Waals surface area contributed by atoms with E-state index in [1.807, 2.05) is 13.8 Å². The summed E-state index contributed by atoms with van der Waals surface area (Å²) in [6.45, 7) is 6.42. The summed E-state index contributed by atoms with van der Waals surface area (Å²) in [7, 11) is 0. The van der Waals surface area contributed by atoms with Crippen molar-refractivity contribution in [3.8, 4) is 11.6 Å². The summed E-state index contributed by atoms with van der Waals surface area (Å²) < 4.78 is 5.78. The van der Waals surface area contributed by atoms with Crippen molar-refractivity contribution in [1.82, 2.24) is 9.97 Å². The Bertz CT molecular complexity index is 677. The Labute approximate surface area is 138 Å². The van der Waals surface area contributed by atoms with Crippen LogP contribution in [0.15, 0.2) is 12.1 Å². The molecule has 0 radical (unpaired) electrons. The first-order valence-electron chi connectivity index (χ1n) is 6.33. The Morgan fingerprint density at radius 2 is 1.71 bits per heavy atom. The third kappa shape index (κ3) is 3.70. The fourth-order valence-corrected chi connectivity index (χ4v) is 2.30. The van der Waals surface area contributed by atoms with Gasteiger partial charge in [0.2, 0.25) is 5.88 Å². The van der Waals surface area contributed by atoms with Gasteiger partial charge in [-0.2, -0.15) is 4.98 Å². The molecule has 0 aliphatic carbocycles. The number of rotatable bonds is 4. The van der Waals surface area contributed by atoms with Gasteiger partial charge >= 0.3 is 0 Å². The van der Waals surface area contributed by atoms with Crippen molar-refractivity contribution in [1.29, 1.82) is 0 Å². The predicted molar refractivity (Wildman–Crippen MR) is 87.2 cm³/mol. The predicted octanol–water partition coefficient (Wildman–Crippen LogP) is 5.28. The van der Waals surface area contributed by atoms with Crippen LogP contribution in [0.2, 0.25) is 15.1 Å². The molecule has 1 aromatic carbocycles. The fourth-order valence-electron chi connectivity index (χ4n) is 1.73. The second-order valence-corrected chi connectivity index (χ2v) is 5.60. The summed E-state index contributed by atoms with van der Waals surface area (Å²) in [5, 5.41) is 4.27. The molecule has 0 aliphatic rings. The first-order valence-corrected chi connectivity index (χ1v) is 7.47. The van der Waals surface area contributed by atoms with Crippen molar-refractivity contribution in [2.45, 2.75) is 20.8 Å². The summed E-state index contributed by atoms with van der Waals surface area (Å²) in [6.07, 6.45) is 0. The minimum atomic E-state index is 0.366. The van der Waals surface area contributed by atoms with Crippen molar-refractivity contribution in [3.63, 3.8) is 0 Å². The highest BCUT2D eigenvalue weighted by Crippen LogP contribution is 2.37. The average molecular weight is 347 g/mol. The van der Waals surface area contributed by atoms with Gasteiger partial charge in [-0.3, -0.25) is 0 Å². The lowest BCUT2D eigenvalue weighted by Crippen LogP contribution is -2.06. The number of anilines is 1. The van der Waals surface area contributed by atoms with Crippen LogP contribution in [0.5, 0.6) is 11.6 Å². The van der Waals surface area contributed by atoms with Crippen LogP contribution in [-0.2, 0) is 0 Å². The van der Waals surface area contributed by atoms with Gasteiger partial charge in [-0.15, -0.1) is 0 Å². The van der Waals surface area contributed by atoms with Crippen LogP contribution in [0, 0.1) is 13.8 Å². The summed E-state index contributed by atoms with van der Waals surface area (Å²) in [5.41, 5.74) is 0.796. The van der Waals surface area contributed by atoms with E-state index < -0.39 is 0 Å². The van der Waals surface area contributed by atoms with Gasteiger partial charge in [-0.1, -0.05) is 34.8 Å². The molecule has 0 unspecified atom stereocenters. The molecule has 21 heavy (non-hydrogen) atoms. The van der Waals surface area contributed by atoms with Gasteiger partial charge in [0.25, 0.3) is 0 Å². The van der Waals surface area contributed by atoms with Crippen LogP contribution in [0.3, 0.4) is 0 Å². The van der Waals surface area contributed by atoms with Gasteiger partial charge in [0.05, 0.1) is 20.6 Å².